The van der Waals surface area contributed by atoms with Crippen molar-refractivity contribution >= 4 is 11.7 Å². The molecule has 0 fully saturated rings. The molecule has 1 heterocycles. The maximum atomic E-state index is 11.1. The summed E-state index contributed by atoms with van der Waals surface area (Å²) in [6.45, 7) is 7.15. The zero-order valence-electron chi connectivity index (χ0n) is 6.76. The quantitative estimate of drug-likeness (QED) is 0.562. The van der Waals surface area contributed by atoms with Crippen LogP contribution in [0.4, 0.5) is 0 Å². The lowest BCUT2D eigenvalue weighted by atomic mass is 10.00. The number of ether oxygens (including phenoxy) is 1. The van der Waals surface area contributed by atoms with Gasteiger partial charge in [0.25, 0.3) is 0 Å². The minimum absolute atomic E-state index is 0.00287. The molecule has 0 amide bonds. The normalized spacial score (nSPS) is 22.0. The Bertz CT molecular complexity index is 228. The maximum absolute atomic E-state index is 11.1. The first-order valence-electron chi connectivity index (χ1n) is 3.44. The molecule has 0 bridgehead atoms. The topological polar surface area (TPSA) is 38.7 Å². The summed E-state index contributed by atoms with van der Waals surface area (Å²) in [5, 5.41) is 0. The molecule has 0 radical (unpaired) electrons. The second-order valence-electron chi connectivity index (χ2n) is 2.93. The van der Waals surface area contributed by atoms with Crippen molar-refractivity contribution < 1.29 is 9.53 Å². The summed E-state index contributed by atoms with van der Waals surface area (Å²) >= 11 is 0. The third kappa shape index (κ3) is 1.48. The molecule has 0 N–H and O–H groups in total. The molecule has 0 spiro atoms. The predicted octanol–water partition coefficient (Wildman–Crippen LogP) is 0.949. The fourth-order valence-electron chi connectivity index (χ4n) is 0.791. The molecule has 0 aromatic heterocycles. The Hall–Kier alpha value is -1.12. The molecule has 1 rings (SSSR count). The molecule has 0 saturated heterocycles. The summed E-state index contributed by atoms with van der Waals surface area (Å²) in [5.74, 6) is 0.456. The van der Waals surface area contributed by atoms with Gasteiger partial charge in [0, 0.05) is 0 Å². The van der Waals surface area contributed by atoms with Crippen molar-refractivity contribution in [2.75, 3.05) is 6.61 Å². The summed E-state index contributed by atoms with van der Waals surface area (Å²) in [4.78, 5) is 15.2. The molecule has 3 nitrogen and oxygen atoms in total. The number of rotatable bonds is 1. The van der Waals surface area contributed by atoms with E-state index < -0.39 is 5.54 Å². The number of aliphatic imine (C=N–C) groups is 1. The summed E-state index contributed by atoms with van der Waals surface area (Å²) in [6.07, 6.45) is 1.51. The van der Waals surface area contributed by atoms with E-state index >= 15 is 0 Å². The van der Waals surface area contributed by atoms with Crippen LogP contribution in [0.15, 0.2) is 17.6 Å². The van der Waals surface area contributed by atoms with Crippen LogP contribution in [0.3, 0.4) is 0 Å². The van der Waals surface area contributed by atoms with Crippen molar-refractivity contribution in [3.63, 3.8) is 0 Å². The van der Waals surface area contributed by atoms with Gasteiger partial charge in [-0.05, 0) is 19.9 Å². The first-order chi connectivity index (χ1) is 5.06. The molecule has 0 aromatic rings. The van der Waals surface area contributed by atoms with Crippen molar-refractivity contribution in [3.8, 4) is 0 Å². The van der Waals surface area contributed by atoms with Crippen LogP contribution in [-0.2, 0) is 9.53 Å². The first-order valence-corrected chi connectivity index (χ1v) is 3.44. The molecule has 11 heavy (non-hydrogen) atoms. The minimum Gasteiger partial charge on any atom is -0.470 e. The smallest absolute Gasteiger partial charge is 0.209 e. The summed E-state index contributed by atoms with van der Waals surface area (Å²) < 4.78 is 4.96. The SMILES string of the molecule is C=CC1=NC(C)(C)C(=O)CO1. The largest absolute Gasteiger partial charge is 0.470 e. The summed E-state index contributed by atoms with van der Waals surface area (Å²) in [5.41, 5.74) is -0.637. The van der Waals surface area contributed by atoms with E-state index in [0.29, 0.717) is 5.90 Å². The van der Waals surface area contributed by atoms with Gasteiger partial charge in [-0.3, -0.25) is 4.79 Å². The molecule has 0 aromatic carbocycles. The molecule has 0 saturated carbocycles. The van der Waals surface area contributed by atoms with E-state index in [4.69, 9.17) is 4.74 Å². The fourth-order valence-corrected chi connectivity index (χ4v) is 0.791. The lowest BCUT2D eigenvalue weighted by Gasteiger charge is -2.23. The average Bonchev–Trinajstić information content (AvgIpc) is 1.95. The minimum atomic E-state index is -0.637. The molecular weight excluding hydrogens is 142 g/mol. The predicted molar refractivity (Wildman–Crippen MR) is 42.7 cm³/mol. The Morgan fingerprint density at radius 1 is 1.73 bits per heavy atom. The van der Waals surface area contributed by atoms with Gasteiger partial charge in [-0.2, -0.15) is 0 Å². The Kier molecular flexibility index (Phi) is 1.81. The number of ketones is 1. The zero-order valence-corrected chi connectivity index (χ0v) is 6.76. The Balaban J connectivity index is 2.93. The van der Waals surface area contributed by atoms with E-state index in [9.17, 15) is 4.79 Å². The van der Waals surface area contributed by atoms with E-state index in [1.165, 1.54) is 6.08 Å². The van der Waals surface area contributed by atoms with Crippen molar-refractivity contribution in [2.45, 2.75) is 19.4 Å². The summed E-state index contributed by atoms with van der Waals surface area (Å²) in [6, 6.07) is 0. The molecule has 1 aliphatic heterocycles. The molecule has 0 unspecified atom stereocenters. The van der Waals surface area contributed by atoms with Crippen LogP contribution in [0.5, 0.6) is 0 Å². The molecule has 1 aliphatic rings. The van der Waals surface area contributed by atoms with E-state index in [0.717, 1.165) is 0 Å². The number of Topliss-reactive ketones (excluding diaryl/α,β-unsaturated/α-hetero) is 1. The Morgan fingerprint density at radius 2 is 2.36 bits per heavy atom. The number of carbonyl (C=O) groups is 1. The molecule has 3 heteroatoms. The van der Waals surface area contributed by atoms with Gasteiger partial charge in [-0.15, -0.1) is 0 Å². The van der Waals surface area contributed by atoms with Gasteiger partial charge in [-0.25, -0.2) is 4.99 Å². The molecule has 60 valence electrons. The second-order valence-corrected chi connectivity index (χ2v) is 2.93. The molecule has 0 atom stereocenters. The van der Waals surface area contributed by atoms with Gasteiger partial charge in [0.1, 0.15) is 5.54 Å². The highest BCUT2D eigenvalue weighted by molar-refractivity contribution is 5.99. The van der Waals surface area contributed by atoms with Crippen molar-refractivity contribution in [3.05, 3.63) is 12.7 Å². The summed E-state index contributed by atoms with van der Waals surface area (Å²) in [7, 11) is 0. The monoisotopic (exact) mass is 153 g/mol. The molecular formula is C8H11NO2. The highest BCUT2D eigenvalue weighted by atomic mass is 16.5. The highest BCUT2D eigenvalue weighted by Crippen LogP contribution is 2.15. The van der Waals surface area contributed by atoms with E-state index in [1.54, 1.807) is 13.8 Å². The van der Waals surface area contributed by atoms with Gasteiger partial charge in [0.05, 0.1) is 0 Å². The van der Waals surface area contributed by atoms with Gasteiger partial charge < -0.3 is 4.74 Å². The maximum Gasteiger partial charge on any atom is 0.209 e. The lowest BCUT2D eigenvalue weighted by molar-refractivity contribution is -0.126. The second kappa shape index (κ2) is 2.49. The van der Waals surface area contributed by atoms with Crippen molar-refractivity contribution in [2.24, 2.45) is 4.99 Å². The molecule has 0 aliphatic carbocycles. The Morgan fingerprint density at radius 3 is 2.82 bits per heavy atom. The number of hydrogen-bond donors (Lipinski definition) is 0. The van der Waals surface area contributed by atoms with Crippen LogP contribution in [0, 0.1) is 0 Å². The van der Waals surface area contributed by atoms with E-state index in [1.807, 2.05) is 0 Å². The van der Waals surface area contributed by atoms with Crippen LogP contribution in [0.25, 0.3) is 0 Å². The zero-order chi connectivity index (χ0) is 8.48. The van der Waals surface area contributed by atoms with Crippen LogP contribution in [-0.4, -0.2) is 23.8 Å². The van der Waals surface area contributed by atoms with Crippen molar-refractivity contribution in [1.29, 1.82) is 0 Å². The van der Waals surface area contributed by atoms with E-state index in [-0.39, 0.29) is 12.4 Å². The highest BCUT2D eigenvalue weighted by Gasteiger charge is 2.31. The van der Waals surface area contributed by atoms with Gasteiger partial charge in [0.2, 0.25) is 5.90 Å². The van der Waals surface area contributed by atoms with Crippen LogP contribution < -0.4 is 0 Å². The average molecular weight is 153 g/mol. The third-order valence-electron chi connectivity index (χ3n) is 1.60. The van der Waals surface area contributed by atoms with Crippen LogP contribution in [0.2, 0.25) is 0 Å². The fraction of sp³-hybridized carbons (Fsp3) is 0.500. The van der Waals surface area contributed by atoms with Crippen LogP contribution in [0.1, 0.15) is 13.8 Å². The number of hydrogen-bond acceptors (Lipinski definition) is 3. The van der Waals surface area contributed by atoms with E-state index in [2.05, 4.69) is 11.6 Å². The third-order valence-corrected chi connectivity index (χ3v) is 1.60. The number of carbonyl (C=O) groups excluding carboxylic acids is 1. The lowest BCUT2D eigenvalue weighted by Crippen LogP contribution is -2.38. The van der Waals surface area contributed by atoms with Gasteiger partial charge >= 0.3 is 0 Å². The van der Waals surface area contributed by atoms with Crippen molar-refractivity contribution in [1.82, 2.24) is 0 Å². The Labute approximate surface area is 65.8 Å². The van der Waals surface area contributed by atoms with Gasteiger partial charge in [-0.1, -0.05) is 6.58 Å². The number of nitrogens with zero attached hydrogens (tertiary/aromatic N) is 1. The van der Waals surface area contributed by atoms with Gasteiger partial charge in [0.15, 0.2) is 12.4 Å². The van der Waals surface area contributed by atoms with Crippen LogP contribution >= 0.6 is 0 Å². The standard InChI is InChI=1S/C8H11NO2/c1-4-7-9-8(2,3)6(10)5-11-7/h4H,1,5H2,2-3H3. The first kappa shape index (κ1) is 7.98.